The molecule has 0 heterocycles. The predicted octanol–water partition coefficient (Wildman–Crippen LogP) is 5.04. The van der Waals surface area contributed by atoms with E-state index in [1.807, 2.05) is 19.1 Å². The molecule has 3 aromatic carbocycles. The molecule has 0 aliphatic carbocycles. The van der Waals surface area contributed by atoms with Crippen LogP contribution in [0.5, 0.6) is 0 Å². The molecule has 156 valence electrons. The van der Waals surface area contributed by atoms with Gasteiger partial charge in [-0.3, -0.25) is 9.10 Å². The van der Waals surface area contributed by atoms with Crippen LogP contribution in [0.1, 0.15) is 18.1 Å². The number of amides is 1. The zero-order valence-electron chi connectivity index (χ0n) is 16.8. The minimum absolute atomic E-state index is 0.122. The highest BCUT2D eigenvalue weighted by Crippen LogP contribution is 2.26. The molecule has 0 fully saturated rings. The van der Waals surface area contributed by atoms with Gasteiger partial charge >= 0.3 is 0 Å². The van der Waals surface area contributed by atoms with Crippen LogP contribution in [-0.2, 0) is 21.2 Å². The van der Waals surface area contributed by atoms with Crippen LogP contribution >= 0.6 is 11.6 Å². The Bertz CT molecular complexity index is 1130. The fraction of sp³-hybridized carbons (Fsp3) is 0.174. The van der Waals surface area contributed by atoms with E-state index in [-0.39, 0.29) is 11.4 Å². The number of hydrogen-bond donors (Lipinski definition) is 1. The molecule has 0 atom stereocenters. The summed E-state index contributed by atoms with van der Waals surface area (Å²) in [5, 5.41) is 3.29. The summed E-state index contributed by atoms with van der Waals surface area (Å²) in [6.07, 6.45) is 0.834. The average Bonchev–Trinajstić information content (AvgIpc) is 2.76. The van der Waals surface area contributed by atoms with Gasteiger partial charge < -0.3 is 5.32 Å². The molecule has 1 N–H and O–H groups in total. The maximum atomic E-state index is 13.3. The molecule has 0 aliphatic heterocycles. The van der Waals surface area contributed by atoms with Crippen molar-refractivity contribution in [3.63, 3.8) is 0 Å². The van der Waals surface area contributed by atoms with Crippen molar-refractivity contribution < 1.29 is 13.2 Å². The largest absolute Gasteiger partial charge is 0.324 e. The Morgan fingerprint density at radius 1 is 0.967 bits per heavy atom. The molecule has 0 spiro atoms. The van der Waals surface area contributed by atoms with E-state index in [0.717, 1.165) is 21.9 Å². The number of carbonyl (C=O) groups excluding carboxylic acids is 1. The summed E-state index contributed by atoms with van der Waals surface area (Å²) in [6.45, 7) is 3.45. The van der Waals surface area contributed by atoms with Gasteiger partial charge in [0.1, 0.15) is 6.54 Å². The molecule has 3 aromatic rings. The third-order valence-electron chi connectivity index (χ3n) is 4.79. The van der Waals surface area contributed by atoms with Crippen molar-refractivity contribution in [1.82, 2.24) is 0 Å². The Morgan fingerprint density at radius 2 is 1.63 bits per heavy atom. The van der Waals surface area contributed by atoms with Crippen LogP contribution in [0.25, 0.3) is 0 Å². The number of aryl methyl sites for hydroxylation is 1. The Morgan fingerprint density at radius 3 is 2.27 bits per heavy atom. The van der Waals surface area contributed by atoms with Crippen LogP contribution < -0.4 is 9.62 Å². The molecule has 5 nitrogen and oxygen atoms in total. The van der Waals surface area contributed by atoms with Crippen LogP contribution in [0, 0.1) is 6.92 Å². The van der Waals surface area contributed by atoms with Gasteiger partial charge in [0.05, 0.1) is 10.6 Å². The summed E-state index contributed by atoms with van der Waals surface area (Å²) < 4.78 is 27.8. The van der Waals surface area contributed by atoms with Gasteiger partial charge in [-0.25, -0.2) is 8.42 Å². The number of nitrogens with zero attached hydrogens (tertiary/aromatic N) is 1. The highest BCUT2D eigenvalue weighted by Gasteiger charge is 2.27. The van der Waals surface area contributed by atoms with Gasteiger partial charge in [0, 0.05) is 10.7 Å². The first-order valence-corrected chi connectivity index (χ1v) is 11.4. The van der Waals surface area contributed by atoms with Gasteiger partial charge in [-0.05, 0) is 60.9 Å². The Labute approximate surface area is 182 Å². The van der Waals surface area contributed by atoms with Crippen LogP contribution in [0.4, 0.5) is 11.4 Å². The van der Waals surface area contributed by atoms with E-state index < -0.39 is 15.9 Å². The van der Waals surface area contributed by atoms with Gasteiger partial charge in [0.15, 0.2) is 0 Å². The predicted molar refractivity (Wildman–Crippen MR) is 122 cm³/mol. The first-order chi connectivity index (χ1) is 14.3. The van der Waals surface area contributed by atoms with Crippen LogP contribution in [0.2, 0.25) is 5.02 Å². The normalized spacial score (nSPS) is 11.2. The van der Waals surface area contributed by atoms with E-state index in [1.54, 1.807) is 55.5 Å². The van der Waals surface area contributed by atoms with Crippen LogP contribution in [-0.4, -0.2) is 20.9 Å². The fourth-order valence-electron chi connectivity index (χ4n) is 3.00. The van der Waals surface area contributed by atoms with E-state index in [2.05, 4.69) is 5.32 Å². The zero-order chi connectivity index (χ0) is 21.7. The van der Waals surface area contributed by atoms with E-state index in [4.69, 9.17) is 11.6 Å². The second kappa shape index (κ2) is 9.32. The molecule has 0 bridgehead atoms. The number of anilines is 2. The van der Waals surface area contributed by atoms with Gasteiger partial charge in [-0.2, -0.15) is 0 Å². The SMILES string of the molecule is CCc1ccc(N(CC(=O)Nc2cccc(Cl)c2C)S(=O)(=O)c2ccccc2)cc1. The lowest BCUT2D eigenvalue weighted by molar-refractivity contribution is -0.114. The molecule has 30 heavy (non-hydrogen) atoms. The summed E-state index contributed by atoms with van der Waals surface area (Å²) in [4.78, 5) is 12.9. The van der Waals surface area contributed by atoms with E-state index in [0.29, 0.717) is 16.4 Å². The van der Waals surface area contributed by atoms with Gasteiger partial charge in [-0.1, -0.05) is 54.9 Å². The summed E-state index contributed by atoms with van der Waals surface area (Å²) in [5.74, 6) is -0.459. The number of rotatable bonds is 7. The summed E-state index contributed by atoms with van der Waals surface area (Å²) in [5.41, 5.74) is 2.77. The monoisotopic (exact) mass is 442 g/mol. The zero-order valence-corrected chi connectivity index (χ0v) is 18.4. The molecule has 0 aromatic heterocycles. The van der Waals surface area contributed by atoms with Crippen molar-refractivity contribution in [1.29, 1.82) is 0 Å². The average molecular weight is 443 g/mol. The van der Waals surface area contributed by atoms with Crippen LogP contribution in [0.3, 0.4) is 0 Å². The molecule has 0 unspecified atom stereocenters. The lowest BCUT2D eigenvalue weighted by Crippen LogP contribution is -2.38. The van der Waals surface area contributed by atoms with Crippen molar-refractivity contribution >= 4 is 38.9 Å². The molecule has 0 aliphatic rings. The van der Waals surface area contributed by atoms with Crippen molar-refractivity contribution in [3.05, 3.63) is 88.9 Å². The second-order valence-electron chi connectivity index (χ2n) is 6.81. The van der Waals surface area contributed by atoms with E-state index in [9.17, 15) is 13.2 Å². The van der Waals surface area contributed by atoms with E-state index >= 15 is 0 Å². The van der Waals surface area contributed by atoms with Crippen molar-refractivity contribution in [2.45, 2.75) is 25.2 Å². The topological polar surface area (TPSA) is 66.5 Å². The molecular weight excluding hydrogens is 420 g/mol. The smallest absolute Gasteiger partial charge is 0.264 e. The molecule has 0 radical (unpaired) electrons. The Hall–Kier alpha value is -2.83. The van der Waals surface area contributed by atoms with Gasteiger partial charge in [0.2, 0.25) is 5.91 Å². The molecular formula is C23H23ClN2O3S. The lowest BCUT2D eigenvalue weighted by atomic mass is 10.1. The number of benzene rings is 3. The third kappa shape index (κ3) is 4.83. The standard InChI is InChI=1S/C23H23ClN2O3S/c1-3-18-12-14-19(15-13-18)26(30(28,29)20-8-5-4-6-9-20)16-23(27)25-22-11-7-10-21(24)17(22)2/h4-15H,3,16H2,1-2H3,(H,25,27). The lowest BCUT2D eigenvalue weighted by Gasteiger charge is -2.24. The molecule has 0 saturated heterocycles. The minimum Gasteiger partial charge on any atom is -0.324 e. The summed E-state index contributed by atoms with van der Waals surface area (Å²) in [7, 11) is -3.93. The minimum atomic E-state index is -3.93. The summed E-state index contributed by atoms with van der Waals surface area (Å²) in [6, 6.07) is 20.4. The maximum absolute atomic E-state index is 13.3. The van der Waals surface area contributed by atoms with Crippen molar-refractivity contribution in [3.8, 4) is 0 Å². The third-order valence-corrected chi connectivity index (χ3v) is 6.99. The highest BCUT2D eigenvalue weighted by atomic mass is 35.5. The van der Waals surface area contributed by atoms with Gasteiger partial charge in [0.25, 0.3) is 10.0 Å². The number of sulfonamides is 1. The fourth-order valence-corrected chi connectivity index (χ4v) is 4.61. The number of carbonyl (C=O) groups is 1. The first kappa shape index (κ1) is 21.9. The van der Waals surface area contributed by atoms with Gasteiger partial charge in [-0.15, -0.1) is 0 Å². The van der Waals surface area contributed by atoms with Crippen molar-refractivity contribution in [2.24, 2.45) is 0 Å². The number of nitrogens with one attached hydrogen (secondary N) is 1. The van der Waals surface area contributed by atoms with Crippen LogP contribution in [0.15, 0.2) is 77.7 Å². The molecule has 7 heteroatoms. The maximum Gasteiger partial charge on any atom is 0.264 e. The molecule has 1 amide bonds. The quantitative estimate of drug-likeness (QED) is 0.557. The Kier molecular flexibility index (Phi) is 6.80. The van der Waals surface area contributed by atoms with Crippen molar-refractivity contribution in [2.75, 3.05) is 16.2 Å². The van der Waals surface area contributed by atoms with E-state index in [1.165, 1.54) is 12.1 Å². The molecule has 0 saturated carbocycles. The number of halogens is 1. The Balaban J connectivity index is 1.94. The first-order valence-electron chi connectivity index (χ1n) is 9.54. The highest BCUT2D eigenvalue weighted by molar-refractivity contribution is 7.92. The number of hydrogen-bond acceptors (Lipinski definition) is 3. The summed E-state index contributed by atoms with van der Waals surface area (Å²) >= 11 is 6.12. The molecule has 3 rings (SSSR count). The second-order valence-corrected chi connectivity index (χ2v) is 9.07.